The van der Waals surface area contributed by atoms with Gasteiger partial charge in [-0.05, 0) is 12.1 Å². The third-order valence-corrected chi connectivity index (χ3v) is 4.63. The highest BCUT2D eigenvalue weighted by Crippen LogP contribution is 2.44. The number of carbonyl (C=O) groups excluding carboxylic acids is 4. The summed E-state index contributed by atoms with van der Waals surface area (Å²) in [6, 6.07) is 6.63. The maximum absolute atomic E-state index is 13.0. The van der Waals surface area contributed by atoms with Gasteiger partial charge in [-0.3, -0.25) is 19.3 Å². The first-order valence-corrected chi connectivity index (χ1v) is 8.20. The molecule has 1 aromatic rings. The van der Waals surface area contributed by atoms with Crippen molar-refractivity contribution in [2.75, 3.05) is 25.1 Å². The molecule has 0 radical (unpaired) electrons. The molecule has 0 aromatic heterocycles. The number of esters is 1. The largest absolute Gasteiger partial charge is 0.452 e. The summed E-state index contributed by atoms with van der Waals surface area (Å²) < 4.78 is 5.15. The van der Waals surface area contributed by atoms with E-state index in [1.807, 2.05) is 0 Å². The van der Waals surface area contributed by atoms with E-state index in [0.717, 1.165) is 0 Å². The molecule has 2 heterocycles. The van der Waals surface area contributed by atoms with E-state index in [1.165, 1.54) is 22.9 Å². The predicted molar refractivity (Wildman–Crippen MR) is 92.2 cm³/mol. The van der Waals surface area contributed by atoms with Crippen molar-refractivity contribution in [3.05, 3.63) is 42.5 Å². The fourth-order valence-electron chi connectivity index (χ4n) is 3.45. The van der Waals surface area contributed by atoms with E-state index in [2.05, 4.69) is 11.9 Å². The zero-order chi connectivity index (χ0) is 18.9. The van der Waals surface area contributed by atoms with Crippen LogP contribution in [0.25, 0.3) is 0 Å². The smallest absolute Gasteiger partial charge is 0.354 e. The molecule has 3 amide bonds. The maximum Gasteiger partial charge on any atom is 0.354 e. The lowest BCUT2D eigenvalue weighted by Gasteiger charge is -2.47. The summed E-state index contributed by atoms with van der Waals surface area (Å²) in [5.41, 5.74) is -0.901. The van der Waals surface area contributed by atoms with Gasteiger partial charge in [-0.25, -0.2) is 4.79 Å². The van der Waals surface area contributed by atoms with E-state index < -0.39 is 24.1 Å². The third-order valence-electron chi connectivity index (χ3n) is 4.63. The summed E-state index contributed by atoms with van der Waals surface area (Å²) in [5, 5.41) is 2.36. The number of ether oxygens (including phenoxy) is 1. The molecule has 8 heteroatoms. The molecule has 1 N–H and O–H groups in total. The standard InChI is InChI=1S/C18H19N3O5/c1-3-10-20-16(24)12-6-4-5-7-13(12)21-15(23)8-9-18(20,21)17(25)26-11-14(22)19-2/h3-7H,1,8-11H2,2H3,(H,19,22)/t18-/m1/s1. The summed E-state index contributed by atoms with van der Waals surface area (Å²) in [6.45, 7) is 3.22. The first-order valence-electron chi connectivity index (χ1n) is 8.20. The number of rotatable bonds is 5. The molecule has 1 saturated heterocycles. The minimum absolute atomic E-state index is 0.0615. The van der Waals surface area contributed by atoms with Crippen LogP contribution >= 0.6 is 0 Å². The van der Waals surface area contributed by atoms with E-state index in [9.17, 15) is 19.2 Å². The zero-order valence-electron chi connectivity index (χ0n) is 14.4. The van der Waals surface area contributed by atoms with Gasteiger partial charge in [-0.1, -0.05) is 18.2 Å². The molecule has 1 fully saturated rings. The number of hydrogen-bond acceptors (Lipinski definition) is 5. The number of likely N-dealkylation sites (N-methyl/N-ethyl adjacent to an activating group) is 1. The van der Waals surface area contributed by atoms with Crippen molar-refractivity contribution in [2.45, 2.75) is 18.5 Å². The molecule has 0 aliphatic carbocycles. The normalized spacial score (nSPS) is 21.1. The van der Waals surface area contributed by atoms with Crippen molar-refractivity contribution in [2.24, 2.45) is 0 Å². The van der Waals surface area contributed by atoms with E-state index >= 15 is 0 Å². The van der Waals surface area contributed by atoms with Crippen LogP contribution in [0.15, 0.2) is 36.9 Å². The Morgan fingerprint density at radius 2 is 2.08 bits per heavy atom. The van der Waals surface area contributed by atoms with Gasteiger partial charge in [0.1, 0.15) is 0 Å². The Labute approximate surface area is 150 Å². The monoisotopic (exact) mass is 357 g/mol. The van der Waals surface area contributed by atoms with Crippen LogP contribution in [0.4, 0.5) is 5.69 Å². The van der Waals surface area contributed by atoms with Crippen LogP contribution in [0.2, 0.25) is 0 Å². The van der Waals surface area contributed by atoms with E-state index in [4.69, 9.17) is 4.74 Å². The molecule has 1 aromatic carbocycles. The van der Waals surface area contributed by atoms with Crippen LogP contribution < -0.4 is 10.2 Å². The second-order valence-corrected chi connectivity index (χ2v) is 6.02. The summed E-state index contributed by atoms with van der Waals surface area (Å²) in [6.07, 6.45) is 1.66. The van der Waals surface area contributed by atoms with Gasteiger partial charge in [-0.15, -0.1) is 6.58 Å². The second kappa shape index (κ2) is 6.62. The van der Waals surface area contributed by atoms with E-state index in [1.54, 1.807) is 24.3 Å². The third kappa shape index (κ3) is 2.45. The minimum Gasteiger partial charge on any atom is -0.452 e. The van der Waals surface area contributed by atoms with Gasteiger partial charge in [0.25, 0.3) is 11.8 Å². The molecule has 1 atom stereocenters. The topological polar surface area (TPSA) is 96.0 Å². The number of nitrogens with zero attached hydrogens (tertiary/aromatic N) is 2. The molecular weight excluding hydrogens is 338 g/mol. The van der Waals surface area contributed by atoms with Crippen molar-refractivity contribution in [1.82, 2.24) is 10.2 Å². The van der Waals surface area contributed by atoms with Gasteiger partial charge in [0.05, 0.1) is 11.3 Å². The first kappa shape index (κ1) is 17.7. The Kier molecular flexibility index (Phi) is 4.50. The number of nitrogens with one attached hydrogen (secondary N) is 1. The second-order valence-electron chi connectivity index (χ2n) is 6.02. The van der Waals surface area contributed by atoms with Crippen molar-refractivity contribution < 1.29 is 23.9 Å². The van der Waals surface area contributed by atoms with Crippen molar-refractivity contribution >= 4 is 29.4 Å². The van der Waals surface area contributed by atoms with Crippen LogP contribution in [0.3, 0.4) is 0 Å². The lowest BCUT2D eigenvalue weighted by Crippen LogP contribution is -2.68. The molecular formula is C18H19N3O5. The van der Waals surface area contributed by atoms with Gasteiger partial charge < -0.3 is 15.0 Å². The van der Waals surface area contributed by atoms with Crippen LogP contribution in [0, 0.1) is 0 Å². The van der Waals surface area contributed by atoms with Crippen molar-refractivity contribution in [3.63, 3.8) is 0 Å². The number of para-hydroxylation sites is 1. The van der Waals surface area contributed by atoms with Gasteiger partial charge in [0.15, 0.2) is 6.61 Å². The Hall–Kier alpha value is -3.16. The fraction of sp³-hybridized carbons (Fsp3) is 0.333. The summed E-state index contributed by atoms with van der Waals surface area (Å²) in [5.74, 6) is -1.96. The SMILES string of the molecule is C=CCN1C(=O)c2ccccc2N2C(=O)CC[C@@]12C(=O)OCC(=O)NC. The maximum atomic E-state index is 13.0. The summed E-state index contributed by atoms with van der Waals surface area (Å²) in [7, 11) is 1.42. The Balaban J connectivity index is 2.11. The first-order chi connectivity index (χ1) is 12.5. The highest BCUT2D eigenvalue weighted by Gasteiger charge is 2.61. The number of carbonyl (C=O) groups is 4. The molecule has 2 aliphatic rings. The molecule has 0 saturated carbocycles. The Bertz CT molecular complexity index is 806. The summed E-state index contributed by atoms with van der Waals surface area (Å²) in [4.78, 5) is 52.7. The van der Waals surface area contributed by atoms with Crippen LogP contribution in [-0.2, 0) is 19.1 Å². The molecule has 2 aliphatic heterocycles. The molecule has 136 valence electrons. The average molecular weight is 357 g/mol. The zero-order valence-corrected chi connectivity index (χ0v) is 14.4. The van der Waals surface area contributed by atoms with Gasteiger partial charge in [-0.2, -0.15) is 0 Å². The quantitative estimate of drug-likeness (QED) is 0.609. The van der Waals surface area contributed by atoms with E-state index in [-0.39, 0.29) is 31.2 Å². The Morgan fingerprint density at radius 1 is 1.35 bits per heavy atom. The molecule has 0 spiro atoms. The molecule has 0 bridgehead atoms. The Morgan fingerprint density at radius 3 is 2.77 bits per heavy atom. The fourth-order valence-corrected chi connectivity index (χ4v) is 3.45. The molecule has 26 heavy (non-hydrogen) atoms. The molecule has 0 unspecified atom stereocenters. The average Bonchev–Trinajstić information content (AvgIpc) is 3.01. The van der Waals surface area contributed by atoms with Crippen molar-refractivity contribution in [1.29, 1.82) is 0 Å². The lowest BCUT2D eigenvalue weighted by atomic mass is 9.96. The van der Waals surface area contributed by atoms with Crippen molar-refractivity contribution in [3.8, 4) is 0 Å². The minimum atomic E-state index is -1.61. The van der Waals surface area contributed by atoms with Gasteiger partial charge in [0.2, 0.25) is 11.6 Å². The molecule has 8 nitrogen and oxygen atoms in total. The number of fused-ring (bicyclic) bond motifs is 3. The number of hydrogen-bond donors (Lipinski definition) is 1. The van der Waals surface area contributed by atoms with Gasteiger partial charge >= 0.3 is 5.97 Å². The van der Waals surface area contributed by atoms with Gasteiger partial charge in [0, 0.05) is 26.4 Å². The van der Waals surface area contributed by atoms with Crippen LogP contribution in [0.1, 0.15) is 23.2 Å². The molecule has 3 rings (SSSR count). The number of anilines is 1. The summed E-state index contributed by atoms with van der Waals surface area (Å²) >= 11 is 0. The highest BCUT2D eigenvalue weighted by atomic mass is 16.5. The highest BCUT2D eigenvalue weighted by molar-refractivity contribution is 6.15. The lowest BCUT2D eigenvalue weighted by molar-refractivity contribution is -0.159. The van der Waals surface area contributed by atoms with Crippen LogP contribution in [-0.4, -0.2) is 54.5 Å². The van der Waals surface area contributed by atoms with Crippen LogP contribution in [0.5, 0.6) is 0 Å². The number of amides is 3. The predicted octanol–water partition coefficient (Wildman–Crippen LogP) is 0.441. The number of benzene rings is 1. The van der Waals surface area contributed by atoms with E-state index in [0.29, 0.717) is 11.3 Å².